The molecule has 0 unspecified atom stereocenters. The van der Waals surface area contributed by atoms with E-state index in [0.29, 0.717) is 5.02 Å². The first-order valence-corrected chi connectivity index (χ1v) is 6.93. The maximum Gasteiger partial charge on any atom is 0.307 e. The van der Waals surface area contributed by atoms with Crippen LogP contribution in [0.15, 0.2) is 36.7 Å². The Morgan fingerprint density at radius 1 is 1.43 bits per heavy atom. The Morgan fingerprint density at radius 3 is 2.86 bits per heavy atom. The van der Waals surface area contributed by atoms with Gasteiger partial charge in [-0.15, -0.1) is 0 Å². The summed E-state index contributed by atoms with van der Waals surface area (Å²) in [5.74, 6) is -0.346. The lowest BCUT2D eigenvalue weighted by molar-refractivity contribution is -0.141. The molecule has 2 aromatic rings. The van der Waals surface area contributed by atoms with Crippen molar-refractivity contribution in [2.45, 2.75) is 19.4 Å². The van der Waals surface area contributed by atoms with Crippen molar-refractivity contribution in [2.75, 3.05) is 7.11 Å². The minimum absolute atomic E-state index is 0.114. The van der Waals surface area contributed by atoms with Crippen molar-refractivity contribution in [2.24, 2.45) is 5.73 Å². The van der Waals surface area contributed by atoms with Crippen molar-refractivity contribution in [1.82, 2.24) is 4.98 Å². The highest BCUT2D eigenvalue weighted by Crippen LogP contribution is 2.31. The third kappa shape index (κ3) is 3.60. The molecule has 2 rings (SSSR count). The second kappa shape index (κ2) is 6.70. The van der Waals surface area contributed by atoms with E-state index in [9.17, 15) is 4.79 Å². The molecule has 0 spiro atoms. The molecule has 1 heterocycles. The van der Waals surface area contributed by atoms with E-state index in [1.807, 2.05) is 31.2 Å². The molecule has 1 atom stereocenters. The molecule has 0 fully saturated rings. The van der Waals surface area contributed by atoms with Gasteiger partial charge < -0.3 is 10.5 Å². The fourth-order valence-electron chi connectivity index (χ4n) is 2.18. The second-order valence-electron chi connectivity index (χ2n) is 4.83. The lowest BCUT2D eigenvalue weighted by Crippen LogP contribution is -2.16. The van der Waals surface area contributed by atoms with Gasteiger partial charge in [-0.25, -0.2) is 0 Å². The Hall–Kier alpha value is -1.91. The Kier molecular flexibility index (Phi) is 4.94. The van der Waals surface area contributed by atoms with Crippen molar-refractivity contribution in [1.29, 1.82) is 0 Å². The Bertz CT molecular complexity index is 638. The number of aromatic nitrogens is 1. The van der Waals surface area contributed by atoms with Gasteiger partial charge in [0.05, 0.1) is 13.5 Å². The number of halogens is 1. The predicted molar refractivity (Wildman–Crippen MR) is 83.0 cm³/mol. The number of rotatable bonds is 4. The van der Waals surface area contributed by atoms with E-state index in [4.69, 9.17) is 17.3 Å². The van der Waals surface area contributed by atoms with Crippen LogP contribution in [0.5, 0.6) is 0 Å². The molecule has 0 aliphatic rings. The van der Waals surface area contributed by atoms with Gasteiger partial charge in [-0.05, 0) is 30.2 Å². The standard InChI is InChI=1S/C16H17ClN2O2/c1-10-4-3-5-13(17)16(10)12-6-11(8-19-9-12)14(18)7-15(20)21-2/h3-6,8-9,14H,7,18H2,1-2H3/t14-/m0/s1. The topological polar surface area (TPSA) is 65.2 Å². The maximum absolute atomic E-state index is 11.3. The van der Waals surface area contributed by atoms with Gasteiger partial charge in [0.1, 0.15) is 0 Å². The van der Waals surface area contributed by atoms with Crippen LogP contribution in [0.3, 0.4) is 0 Å². The predicted octanol–water partition coefficient (Wildman–Crippen LogP) is 3.27. The van der Waals surface area contributed by atoms with Gasteiger partial charge in [-0.2, -0.15) is 0 Å². The normalized spacial score (nSPS) is 12.0. The second-order valence-corrected chi connectivity index (χ2v) is 5.23. The average molecular weight is 305 g/mol. The van der Waals surface area contributed by atoms with Crippen LogP contribution in [-0.4, -0.2) is 18.1 Å². The third-order valence-corrected chi connectivity index (χ3v) is 3.63. The quantitative estimate of drug-likeness (QED) is 0.880. The first-order chi connectivity index (χ1) is 10.0. The van der Waals surface area contributed by atoms with Gasteiger partial charge in [-0.1, -0.05) is 23.7 Å². The summed E-state index contributed by atoms with van der Waals surface area (Å²) < 4.78 is 4.64. The van der Waals surface area contributed by atoms with Crippen LogP contribution < -0.4 is 5.73 Å². The fourth-order valence-corrected chi connectivity index (χ4v) is 2.51. The molecule has 21 heavy (non-hydrogen) atoms. The number of hydrogen-bond acceptors (Lipinski definition) is 4. The van der Waals surface area contributed by atoms with Crippen LogP contribution in [0.2, 0.25) is 5.02 Å². The van der Waals surface area contributed by atoms with Crippen molar-refractivity contribution >= 4 is 17.6 Å². The van der Waals surface area contributed by atoms with Gasteiger partial charge in [0, 0.05) is 34.6 Å². The van der Waals surface area contributed by atoms with E-state index < -0.39 is 6.04 Å². The number of benzene rings is 1. The molecular formula is C16H17ClN2O2. The van der Waals surface area contributed by atoms with Crippen molar-refractivity contribution in [3.05, 3.63) is 52.8 Å². The molecule has 0 saturated heterocycles. The maximum atomic E-state index is 11.3. The lowest BCUT2D eigenvalue weighted by Gasteiger charge is -2.13. The van der Waals surface area contributed by atoms with Crippen LogP contribution in [-0.2, 0) is 9.53 Å². The molecule has 5 heteroatoms. The van der Waals surface area contributed by atoms with Crippen molar-refractivity contribution < 1.29 is 9.53 Å². The van der Waals surface area contributed by atoms with Gasteiger partial charge in [-0.3, -0.25) is 9.78 Å². The first kappa shape index (κ1) is 15.5. The third-order valence-electron chi connectivity index (χ3n) is 3.31. The fraction of sp³-hybridized carbons (Fsp3) is 0.250. The summed E-state index contributed by atoms with van der Waals surface area (Å²) in [6.07, 6.45) is 3.51. The lowest BCUT2D eigenvalue weighted by atomic mass is 9.98. The monoisotopic (exact) mass is 304 g/mol. The van der Waals surface area contributed by atoms with Crippen molar-refractivity contribution in [3.63, 3.8) is 0 Å². The summed E-state index contributed by atoms with van der Waals surface area (Å²) in [5.41, 5.74) is 9.67. The largest absolute Gasteiger partial charge is 0.469 e. The number of carbonyl (C=O) groups is 1. The van der Waals surface area contributed by atoms with E-state index in [2.05, 4.69) is 9.72 Å². The molecular weight excluding hydrogens is 288 g/mol. The van der Waals surface area contributed by atoms with Crippen LogP contribution in [0.1, 0.15) is 23.6 Å². The molecule has 0 radical (unpaired) electrons. The SMILES string of the molecule is COC(=O)C[C@H](N)c1cncc(-c2c(C)cccc2Cl)c1. The van der Waals surface area contributed by atoms with E-state index in [-0.39, 0.29) is 12.4 Å². The Labute approximate surface area is 128 Å². The smallest absolute Gasteiger partial charge is 0.307 e. The number of nitrogens with zero attached hydrogens (tertiary/aromatic N) is 1. The number of ether oxygens (including phenoxy) is 1. The molecule has 0 amide bonds. The zero-order valence-corrected chi connectivity index (χ0v) is 12.7. The number of aryl methyl sites for hydroxylation is 1. The van der Waals surface area contributed by atoms with E-state index in [0.717, 1.165) is 22.3 Å². The zero-order valence-electron chi connectivity index (χ0n) is 12.0. The minimum Gasteiger partial charge on any atom is -0.469 e. The Morgan fingerprint density at radius 2 is 2.19 bits per heavy atom. The number of nitrogens with two attached hydrogens (primary N) is 1. The number of pyridine rings is 1. The van der Waals surface area contributed by atoms with E-state index in [1.54, 1.807) is 12.4 Å². The molecule has 1 aromatic heterocycles. The zero-order chi connectivity index (χ0) is 15.4. The highest BCUT2D eigenvalue weighted by molar-refractivity contribution is 6.33. The molecule has 0 saturated carbocycles. The first-order valence-electron chi connectivity index (χ1n) is 6.55. The van der Waals surface area contributed by atoms with Gasteiger partial charge in [0.2, 0.25) is 0 Å². The summed E-state index contributed by atoms with van der Waals surface area (Å²) >= 11 is 6.27. The Balaban J connectivity index is 2.36. The van der Waals surface area contributed by atoms with Crippen molar-refractivity contribution in [3.8, 4) is 11.1 Å². The van der Waals surface area contributed by atoms with Gasteiger partial charge in [0.15, 0.2) is 0 Å². The summed E-state index contributed by atoms with van der Waals surface area (Å²) in [7, 11) is 1.34. The number of carbonyl (C=O) groups excluding carboxylic acids is 1. The highest BCUT2D eigenvalue weighted by Gasteiger charge is 2.14. The highest BCUT2D eigenvalue weighted by atomic mass is 35.5. The number of methoxy groups -OCH3 is 1. The minimum atomic E-state index is -0.451. The van der Waals surface area contributed by atoms with Crippen LogP contribution in [0, 0.1) is 6.92 Å². The molecule has 0 bridgehead atoms. The molecule has 4 nitrogen and oxygen atoms in total. The van der Waals surface area contributed by atoms with Crippen LogP contribution >= 0.6 is 11.6 Å². The van der Waals surface area contributed by atoms with Gasteiger partial charge in [0.25, 0.3) is 0 Å². The summed E-state index contributed by atoms with van der Waals surface area (Å²) in [4.78, 5) is 15.5. The average Bonchev–Trinajstić information content (AvgIpc) is 2.47. The molecule has 2 N–H and O–H groups in total. The van der Waals surface area contributed by atoms with E-state index in [1.165, 1.54) is 7.11 Å². The summed E-state index contributed by atoms with van der Waals surface area (Å²) in [6, 6.07) is 7.19. The molecule has 1 aromatic carbocycles. The summed E-state index contributed by atoms with van der Waals surface area (Å²) in [5, 5.41) is 0.662. The number of hydrogen-bond donors (Lipinski definition) is 1. The number of esters is 1. The van der Waals surface area contributed by atoms with Gasteiger partial charge >= 0.3 is 5.97 Å². The summed E-state index contributed by atoms with van der Waals surface area (Å²) in [6.45, 7) is 1.99. The van der Waals surface area contributed by atoms with Crippen LogP contribution in [0.25, 0.3) is 11.1 Å². The molecule has 0 aliphatic carbocycles. The molecule has 0 aliphatic heterocycles. The molecule has 110 valence electrons. The van der Waals surface area contributed by atoms with Crippen LogP contribution in [0.4, 0.5) is 0 Å². The van der Waals surface area contributed by atoms with E-state index >= 15 is 0 Å².